The first kappa shape index (κ1) is 18.4. The second kappa shape index (κ2) is 6.10. The van der Waals surface area contributed by atoms with Crippen molar-refractivity contribution < 1.29 is 9.90 Å². The van der Waals surface area contributed by atoms with E-state index < -0.39 is 16.9 Å². The third-order valence-electron chi connectivity index (χ3n) is 4.92. The van der Waals surface area contributed by atoms with Crippen LogP contribution in [0.25, 0.3) is 5.65 Å². The molecule has 2 N–H and O–H groups in total. The maximum atomic E-state index is 12.9. The van der Waals surface area contributed by atoms with Crippen LogP contribution in [-0.2, 0) is 15.7 Å². The second-order valence-electron chi connectivity index (χ2n) is 8.43. The van der Waals surface area contributed by atoms with Crippen LogP contribution in [0.4, 0.5) is 5.82 Å². The van der Waals surface area contributed by atoms with E-state index in [1.807, 2.05) is 34.6 Å². The molecule has 3 rings (SSSR count). The molecular weight excluding hydrogens is 334 g/mol. The van der Waals surface area contributed by atoms with Gasteiger partial charge in [-0.3, -0.25) is 4.79 Å². The number of nitrogens with one attached hydrogen (secondary N) is 1. The van der Waals surface area contributed by atoms with Crippen molar-refractivity contribution in [3.63, 3.8) is 0 Å². The molecule has 2 heterocycles. The number of fused-ring (bicyclic) bond motifs is 1. The fourth-order valence-corrected chi connectivity index (χ4v) is 3.57. The van der Waals surface area contributed by atoms with Gasteiger partial charge in [0.25, 0.3) is 0 Å². The van der Waals surface area contributed by atoms with Crippen molar-refractivity contribution in [2.75, 3.05) is 5.32 Å². The highest BCUT2D eigenvalue weighted by molar-refractivity contribution is 5.81. The van der Waals surface area contributed by atoms with E-state index in [-0.39, 0.29) is 11.7 Å². The Labute approximate surface area is 152 Å². The summed E-state index contributed by atoms with van der Waals surface area (Å²) in [5.41, 5.74) is -0.975. The minimum absolute atomic E-state index is 0.0702. The topological polar surface area (TPSA) is 102 Å². The summed E-state index contributed by atoms with van der Waals surface area (Å²) < 4.78 is 2.85. The number of aromatic nitrogens is 4. The lowest BCUT2D eigenvalue weighted by Crippen LogP contribution is -2.36. The maximum absolute atomic E-state index is 12.9. The van der Waals surface area contributed by atoms with Gasteiger partial charge in [0.15, 0.2) is 5.82 Å². The normalized spacial score (nSPS) is 17.2. The Morgan fingerprint density at radius 2 is 1.92 bits per heavy atom. The van der Waals surface area contributed by atoms with Crippen LogP contribution in [0.1, 0.15) is 66.0 Å². The largest absolute Gasteiger partial charge is 0.481 e. The van der Waals surface area contributed by atoms with E-state index in [0.29, 0.717) is 30.0 Å². The molecular formula is C18H27N5O3. The molecule has 8 nitrogen and oxygen atoms in total. The number of carboxylic acids is 1. The minimum Gasteiger partial charge on any atom is -0.481 e. The van der Waals surface area contributed by atoms with Gasteiger partial charge in [-0.25, -0.2) is 18.9 Å². The van der Waals surface area contributed by atoms with E-state index >= 15 is 0 Å². The number of hydrogen-bond acceptors (Lipinski definition) is 5. The van der Waals surface area contributed by atoms with Gasteiger partial charge in [0.1, 0.15) is 5.41 Å². The van der Waals surface area contributed by atoms with Crippen molar-refractivity contribution in [1.29, 1.82) is 0 Å². The van der Waals surface area contributed by atoms with Crippen LogP contribution >= 0.6 is 0 Å². The molecule has 0 radical (unpaired) electrons. The smallest absolute Gasteiger partial charge is 0.351 e. The van der Waals surface area contributed by atoms with Crippen LogP contribution < -0.4 is 11.0 Å². The lowest BCUT2D eigenvalue weighted by atomic mass is 9.83. The Bertz CT molecular complexity index is 898. The molecule has 1 aliphatic carbocycles. The summed E-state index contributed by atoms with van der Waals surface area (Å²) in [5, 5.41) is 17.6. The van der Waals surface area contributed by atoms with Crippen molar-refractivity contribution in [2.24, 2.45) is 0 Å². The number of carbonyl (C=O) groups is 1. The quantitative estimate of drug-likeness (QED) is 0.867. The Kier molecular flexibility index (Phi) is 4.32. The van der Waals surface area contributed by atoms with Gasteiger partial charge in [0.05, 0.1) is 11.2 Å². The number of aliphatic carboxylic acids is 1. The first-order valence-electron chi connectivity index (χ1n) is 9.09. The summed E-state index contributed by atoms with van der Waals surface area (Å²) in [6.07, 6.45) is 4.32. The van der Waals surface area contributed by atoms with E-state index in [9.17, 15) is 14.7 Å². The third-order valence-corrected chi connectivity index (χ3v) is 4.92. The Hall–Kier alpha value is -2.38. The van der Waals surface area contributed by atoms with E-state index in [0.717, 1.165) is 12.8 Å². The molecule has 0 unspecified atom stereocenters. The molecule has 0 spiro atoms. The number of anilines is 1. The van der Waals surface area contributed by atoms with Crippen LogP contribution in [0, 0.1) is 0 Å². The summed E-state index contributed by atoms with van der Waals surface area (Å²) in [6, 6.07) is 0.0702. The van der Waals surface area contributed by atoms with Crippen molar-refractivity contribution in [1.82, 2.24) is 19.2 Å². The first-order valence-corrected chi connectivity index (χ1v) is 9.09. The van der Waals surface area contributed by atoms with Gasteiger partial charge >= 0.3 is 11.7 Å². The molecule has 1 saturated carbocycles. The van der Waals surface area contributed by atoms with Gasteiger partial charge < -0.3 is 10.4 Å². The molecule has 0 bridgehead atoms. The highest BCUT2D eigenvalue weighted by atomic mass is 16.4. The predicted octanol–water partition coefficient (Wildman–Crippen LogP) is 2.36. The van der Waals surface area contributed by atoms with Gasteiger partial charge in [0.2, 0.25) is 5.65 Å². The van der Waals surface area contributed by atoms with E-state index in [2.05, 4.69) is 15.4 Å². The molecule has 1 fully saturated rings. The molecule has 2 aromatic heterocycles. The number of nitrogens with zero attached hydrogens (tertiary/aromatic N) is 4. The van der Waals surface area contributed by atoms with Crippen LogP contribution in [0.2, 0.25) is 0 Å². The molecule has 0 saturated heterocycles. The molecule has 26 heavy (non-hydrogen) atoms. The Balaban J connectivity index is 2.31. The van der Waals surface area contributed by atoms with Crippen LogP contribution in [0.5, 0.6) is 0 Å². The van der Waals surface area contributed by atoms with Crippen LogP contribution in [-0.4, -0.2) is 36.3 Å². The highest BCUT2D eigenvalue weighted by Gasteiger charge is 2.45. The zero-order valence-corrected chi connectivity index (χ0v) is 16.0. The maximum Gasteiger partial charge on any atom is 0.351 e. The summed E-state index contributed by atoms with van der Waals surface area (Å²) in [4.78, 5) is 29.6. The molecule has 8 heteroatoms. The van der Waals surface area contributed by atoms with Crippen molar-refractivity contribution >= 4 is 17.4 Å². The monoisotopic (exact) mass is 361 g/mol. The highest BCUT2D eigenvalue weighted by Crippen LogP contribution is 2.41. The number of hydrogen-bond donors (Lipinski definition) is 2. The standard InChI is InChI=1S/C18H27N5O3/c1-11(2)19-13-14-21-23(17(3,4)5)16(26)22(14)10-12(20-13)18(15(24)25)8-6-7-9-18/h10-11H,6-9H2,1-5H3,(H,19,20)(H,24,25). The number of carboxylic acid groups (broad SMARTS) is 1. The zero-order valence-electron chi connectivity index (χ0n) is 16.0. The summed E-state index contributed by atoms with van der Waals surface area (Å²) >= 11 is 0. The van der Waals surface area contributed by atoms with E-state index in [4.69, 9.17) is 0 Å². The molecule has 0 atom stereocenters. The Morgan fingerprint density at radius 1 is 1.31 bits per heavy atom. The fourth-order valence-electron chi connectivity index (χ4n) is 3.57. The van der Waals surface area contributed by atoms with Crippen molar-refractivity contribution in [2.45, 2.75) is 77.3 Å². The molecule has 1 aliphatic rings. The average Bonchev–Trinajstić information content (AvgIpc) is 3.12. The van der Waals surface area contributed by atoms with Gasteiger partial charge in [0, 0.05) is 12.2 Å². The van der Waals surface area contributed by atoms with E-state index in [1.165, 1.54) is 9.08 Å². The summed E-state index contributed by atoms with van der Waals surface area (Å²) in [7, 11) is 0. The average molecular weight is 361 g/mol. The van der Waals surface area contributed by atoms with Crippen molar-refractivity contribution in [3.8, 4) is 0 Å². The molecule has 142 valence electrons. The van der Waals surface area contributed by atoms with Gasteiger partial charge in [-0.1, -0.05) is 12.8 Å². The lowest BCUT2D eigenvalue weighted by molar-refractivity contribution is -0.143. The first-order chi connectivity index (χ1) is 12.1. The van der Waals surface area contributed by atoms with Gasteiger partial charge in [-0.15, -0.1) is 5.10 Å². The second-order valence-corrected chi connectivity index (χ2v) is 8.43. The van der Waals surface area contributed by atoms with Crippen molar-refractivity contribution in [3.05, 3.63) is 22.4 Å². The summed E-state index contributed by atoms with van der Waals surface area (Å²) in [6.45, 7) is 9.64. The lowest BCUT2D eigenvalue weighted by Gasteiger charge is -2.24. The summed E-state index contributed by atoms with van der Waals surface area (Å²) in [5.74, 6) is -0.432. The Morgan fingerprint density at radius 3 is 2.42 bits per heavy atom. The molecule has 0 amide bonds. The molecule has 0 aromatic carbocycles. The zero-order chi connectivity index (χ0) is 19.3. The predicted molar refractivity (Wildman–Crippen MR) is 98.8 cm³/mol. The molecule has 2 aromatic rings. The molecule has 0 aliphatic heterocycles. The van der Waals surface area contributed by atoms with Gasteiger partial charge in [-0.2, -0.15) is 0 Å². The fraction of sp³-hybridized carbons (Fsp3) is 0.667. The van der Waals surface area contributed by atoms with Gasteiger partial charge in [-0.05, 0) is 47.5 Å². The SMILES string of the molecule is CC(C)Nc1nc(C2(C(=O)O)CCCC2)cn2c(=O)n(C(C)(C)C)nc12. The van der Waals surface area contributed by atoms with E-state index in [1.54, 1.807) is 6.20 Å². The minimum atomic E-state index is -1.04. The van der Waals surface area contributed by atoms with Crippen LogP contribution in [0.15, 0.2) is 11.0 Å². The third kappa shape index (κ3) is 2.87. The number of rotatable bonds is 4. The van der Waals surface area contributed by atoms with Crippen LogP contribution in [0.3, 0.4) is 0 Å².